The van der Waals surface area contributed by atoms with Crippen LogP contribution in [0.4, 0.5) is 0 Å². The van der Waals surface area contributed by atoms with Crippen molar-refractivity contribution in [3.05, 3.63) is 0 Å². The Hall–Kier alpha value is -0.700. The standard InChI is InChI=1S/C9H19NO6S/c1-7(2)16-4-5-17(13,14)10-6-8(15-3)9(11)12/h7-8,10H,4-6H2,1-3H3,(H,11,12). The Morgan fingerprint density at radius 3 is 2.41 bits per heavy atom. The molecule has 1 atom stereocenters. The summed E-state index contributed by atoms with van der Waals surface area (Å²) in [6, 6.07) is 0. The molecular weight excluding hydrogens is 250 g/mol. The molecule has 2 N–H and O–H groups in total. The maximum absolute atomic E-state index is 11.4. The largest absolute Gasteiger partial charge is 0.479 e. The van der Waals surface area contributed by atoms with Crippen molar-refractivity contribution in [1.29, 1.82) is 0 Å². The molecule has 0 radical (unpaired) electrons. The molecule has 0 aromatic rings. The van der Waals surface area contributed by atoms with Gasteiger partial charge in [0.2, 0.25) is 10.0 Å². The Balaban J connectivity index is 4.04. The monoisotopic (exact) mass is 269 g/mol. The number of rotatable bonds is 9. The number of carbonyl (C=O) groups is 1. The van der Waals surface area contributed by atoms with Crippen molar-refractivity contribution in [2.24, 2.45) is 0 Å². The zero-order chi connectivity index (χ0) is 13.5. The van der Waals surface area contributed by atoms with Crippen molar-refractivity contribution in [3.8, 4) is 0 Å². The van der Waals surface area contributed by atoms with Crippen molar-refractivity contribution in [3.63, 3.8) is 0 Å². The molecule has 17 heavy (non-hydrogen) atoms. The Kier molecular flexibility index (Phi) is 7.28. The zero-order valence-electron chi connectivity index (χ0n) is 10.2. The van der Waals surface area contributed by atoms with Crippen LogP contribution in [0.25, 0.3) is 0 Å². The van der Waals surface area contributed by atoms with Crippen molar-refractivity contribution < 1.29 is 27.8 Å². The smallest absolute Gasteiger partial charge is 0.334 e. The van der Waals surface area contributed by atoms with Crippen molar-refractivity contribution in [2.75, 3.05) is 26.0 Å². The highest BCUT2D eigenvalue weighted by Gasteiger charge is 2.19. The van der Waals surface area contributed by atoms with Crippen LogP contribution >= 0.6 is 0 Å². The topological polar surface area (TPSA) is 102 Å². The average Bonchev–Trinajstić information content (AvgIpc) is 2.16. The number of carboxylic acids is 1. The summed E-state index contributed by atoms with van der Waals surface area (Å²) in [5, 5.41) is 8.63. The van der Waals surface area contributed by atoms with Gasteiger partial charge in [0.05, 0.1) is 18.5 Å². The van der Waals surface area contributed by atoms with Crippen molar-refractivity contribution in [2.45, 2.75) is 26.1 Å². The Morgan fingerprint density at radius 2 is 2.00 bits per heavy atom. The maximum Gasteiger partial charge on any atom is 0.334 e. The molecule has 0 fully saturated rings. The number of nitrogens with one attached hydrogen (secondary N) is 1. The van der Waals surface area contributed by atoms with Gasteiger partial charge >= 0.3 is 5.97 Å². The molecule has 0 bridgehead atoms. The molecule has 0 aliphatic carbocycles. The number of sulfonamides is 1. The van der Waals surface area contributed by atoms with Crippen LogP contribution in [0.5, 0.6) is 0 Å². The summed E-state index contributed by atoms with van der Waals surface area (Å²) in [6.45, 7) is 3.37. The fourth-order valence-corrected chi connectivity index (χ4v) is 1.81. The third-order valence-corrected chi connectivity index (χ3v) is 3.16. The van der Waals surface area contributed by atoms with E-state index in [9.17, 15) is 13.2 Å². The summed E-state index contributed by atoms with van der Waals surface area (Å²) >= 11 is 0. The lowest BCUT2D eigenvalue weighted by atomic mass is 10.4. The van der Waals surface area contributed by atoms with Crippen molar-refractivity contribution in [1.82, 2.24) is 4.72 Å². The van der Waals surface area contributed by atoms with E-state index < -0.39 is 22.1 Å². The molecule has 0 aromatic carbocycles. The van der Waals surface area contributed by atoms with Crippen molar-refractivity contribution >= 4 is 16.0 Å². The molecule has 8 heteroatoms. The van der Waals surface area contributed by atoms with Crippen LogP contribution in [0.1, 0.15) is 13.8 Å². The van der Waals surface area contributed by atoms with E-state index >= 15 is 0 Å². The summed E-state index contributed by atoms with van der Waals surface area (Å²) in [7, 11) is -2.33. The first-order chi connectivity index (χ1) is 7.78. The summed E-state index contributed by atoms with van der Waals surface area (Å²) in [5.74, 6) is -1.42. The average molecular weight is 269 g/mol. The number of hydrogen-bond donors (Lipinski definition) is 2. The highest BCUT2D eigenvalue weighted by molar-refractivity contribution is 7.89. The lowest BCUT2D eigenvalue weighted by Crippen LogP contribution is -2.39. The van der Waals surface area contributed by atoms with Gasteiger partial charge in [-0.25, -0.2) is 17.9 Å². The van der Waals surface area contributed by atoms with Gasteiger partial charge in [0.1, 0.15) is 0 Å². The molecule has 102 valence electrons. The third kappa shape index (κ3) is 8.08. The minimum Gasteiger partial charge on any atom is -0.479 e. The summed E-state index contributed by atoms with van der Waals surface area (Å²) in [4.78, 5) is 10.6. The van der Waals surface area contributed by atoms with Crippen LogP contribution in [-0.4, -0.2) is 57.7 Å². The van der Waals surface area contributed by atoms with Gasteiger partial charge in [-0.3, -0.25) is 0 Å². The predicted octanol–water partition coefficient (Wildman–Crippen LogP) is -0.570. The number of ether oxygens (including phenoxy) is 2. The van der Waals surface area contributed by atoms with E-state index in [-0.39, 0.29) is 25.0 Å². The lowest BCUT2D eigenvalue weighted by molar-refractivity contribution is -0.147. The molecule has 7 nitrogen and oxygen atoms in total. The molecule has 0 aliphatic rings. The molecule has 0 saturated heterocycles. The van der Waals surface area contributed by atoms with Crippen LogP contribution in [0.2, 0.25) is 0 Å². The summed E-state index contributed by atoms with van der Waals surface area (Å²) < 4.78 is 34.7. The van der Waals surface area contributed by atoms with Crippen LogP contribution in [0.15, 0.2) is 0 Å². The maximum atomic E-state index is 11.4. The zero-order valence-corrected chi connectivity index (χ0v) is 11.0. The van der Waals surface area contributed by atoms with E-state index in [4.69, 9.17) is 9.84 Å². The van der Waals surface area contributed by atoms with E-state index in [1.807, 2.05) is 0 Å². The number of carboxylic acid groups (broad SMARTS) is 1. The minimum absolute atomic E-state index is 0.0454. The number of aliphatic carboxylic acids is 1. The highest BCUT2D eigenvalue weighted by Crippen LogP contribution is 1.93. The Morgan fingerprint density at radius 1 is 1.41 bits per heavy atom. The van der Waals surface area contributed by atoms with E-state index in [1.165, 1.54) is 7.11 Å². The fourth-order valence-electron chi connectivity index (χ4n) is 0.940. The fraction of sp³-hybridized carbons (Fsp3) is 0.889. The quantitative estimate of drug-likeness (QED) is 0.581. The van der Waals surface area contributed by atoms with Gasteiger partial charge in [0.15, 0.2) is 6.10 Å². The van der Waals surface area contributed by atoms with Gasteiger partial charge in [-0.1, -0.05) is 0 Å². The highest BCUT2D eigenvalue weighted by atomic mass is 32.2. The van der Waals surface area contributed by atoms with Gasteiger partial charge < -0.3 is 14.6 Å². The normalized spacial score (nSPS) is 13.9. The molecule has 0 saturated carbocycles. The van der Waals surface area contributed by atoms with Gasteiger partial charge in [-0.05, 0) is 13.8 Å². The Bertz CT molecular complexity index is 326. The molecule has 0 amide bonds. The third-order valence-electron chi connectivity index (χ3n) is 1.85. The van der Waals surface area contributed by atoms with Gasteiger partial charge in [0.25, 0.3) is 0 Å². The first-order valence-corrected chi connectivity index (χ1v) is 6.78. The van der Waals surface area contributed by atoms with Crippen LogP contribution in [0, 0.1) is 0 Å². The van der Waals surface area contributed by atoms with Crippen LogP contribution < -0.4 is 4.72 Å². The van der Waals surface area contributed by atoms with Crippen LogP contribution in [0.3, 0.4) is 0 Å². The second-order valence-electron chi connectivity index (χ2n) is 3.65. The van der Waals surface area contributed by atoms with Gasteiger partial charge in [0, 0.05) is 13.7 Å². The first kappa shape index (κ1) is 16.3. The molecule has 0 rings (SSSR count). The first-order valence-electron chi connectivity index (χ1n) is 5.13. The van der Waals surface area contributed by atoms with E-state index in [0.717, 1.165) is 0 Å². The van der Waals surface area contributed by atoms with E-state index in [2.05, 4.69) is 9.46 Å². The van der Waals surface area contributed by atoms with E-state index in [0.29, 0.717) is 0 Å². The second-order valence-corrected chi connectivity index (χ2v) is 5.58. The number of hydrogen-bond acceptors (Lipinski definition) is 5. The van der Waals surface area contributed by atoms with Crippen LogP contribution in [-0.2, 0) is 24.3 Å². The van der Waals surface area contributed by atoms with Gasteiger partial charge in [-0.15, -0.1) is 0 Å². The summed E-state index contributed by atoms with van der Waals surface area (Å²) in [5.41, 5.74) is 0. The molecule has 0 spiro atoms. The molecule has 1 unspecified atom stereocenters. The van der Waals surface area contributed by atoms with E-state index in [1.54, 1.807) is 13.8 Å². The SMILES string of the molecule is COC(CNS(=O)(=O)CCOC(C)C)C(=O)O. The number of methoxy groups -OCH3 is 1. The lowest BCUT2D eigenvalue weighted by Gasteiger charge is -2.12. The predicted molar refractivity (Wildman–Crippen MR) is 61.3 cm³/mol. The van der Waals surface area contributed by atoms with Gasteiger partial charge in [-0.2, -0.15) is 0 Å². The molecular formula is C9H19NO6S. The Labute approximate surface area is 101 Å². The molecule has 0 aromatic heterocycles. The second kappa shape index (κ2) is 7.59. The molecule has 0 aliphatic heterocycles. The molecule has 0 heterocycles. The summed E-state index contributed by atoms with van der Waals surface area (Å²) in [6.07, 6.45) is -1.23. The minimum atomic E-state index is -3.53.